The third-order valence-electron chi connectivity index (χ3n) is 4.49. The highest BCUT2D eigenvalue weighted by atomic mass is 32.2. The van der Waals surface area contributed by atoms with Gasteiger partial charge >= 0.3 is 12.1 Å². The van der Waals surface area contributed by atoms with E-state index in [4.69, 9.17) is 14.2 Å². The molecule has 0 aliphatic carbocycles. The third kappa shape index (κ3) is 8.63. The summed E-state index contributed by atoms with van der Waals surface area (Å²) < 4.78 is 53.9. The summed E-state index contributed by atoms with van der Waals surface area (Å²) in [5.41, 5.74) is 0.149. The Labute approximate surface area is 189 Å². The first kappa shape index (κ1) is 25.9. The van der Waals surface area contributed by atoms with Gasteiger partial charge in [-0.3, -0.25) is 0 Å². The van der Waals surface area contributed by atoms with E-state index in [2.05, 4.69) is 0 Å². The fourth-order valence-electron chi connectivity index (χ4n) is 2.78. The molecular formula is C23H27F3O5S. The first-order chi connectivity index (χ1) is 15.2. The van der Waals surface area contributed by atoms with E-state index in [1.807, 2.05) is 19.1 Å². The van der Waals surface area contributed by atoms with Crippen LogP contribution in [0.4, 0.5) is 13.2 Å². The Balaban J connectivity index is 1.87. The number of aryl methyl sites for hydroxylation is 1. The van der Waals surface area contributed by atoms with Crippen LogP contribution in [0.1, 0.15) is 24.5 Å². The minimum absolute atomic E-state index is 0.00680. The highest BCUT2D eigenvalue weighted by Gasteiger charge is 2.30. The standard InChI is InChI=1S/C23H27F3O5S/c1-3-29-22(28)14-31-21-9-8-20(12-16(21)2)32-15-17(10-11-27)13-30-19-6-4-18(5-7-19)23(24,25)26/h4-9,12,17,27H,3,10-11,13-15H2,1-2H3. The maximum atomic E-state index is 12.7. The molecule has 2 aromatic carbocycles. The summed E-state index contributed by atoms with van der Waals surface area (Å²) in [5.74, 6) is 1.19. The molecule has 0 amide bonds. The molecule has 2 rings (SSSR count). The number of rotatable bonds is 12. The lowest BCUT2D eigenvalue weighted by Gasteiger charge is -2.17. The average molecular weight is 473 g/mol. The topological polar surface area (TPSA) is 65.0 Å². The molecule has 32 heavy (non-hydrogen) atoms. The van der Waals surface area contributed by atoms with Crippen LogP contribution in [0.5, 0.6) is 11.5 Å². The number of carbonyl (C=O) groups is 1. The molecule has 0 heterocycles. The summed E-state index contributed by atoms with van der Waals surface area (Å²) >= 11 is 1.58. The second kappa shape index (κ2) is 12.6. The van der Waals surface area contributed by atoms with Crippen molar-refractivity contribution < 1.29 is 37.3 Å². The van der Waals surface area contributed by atoms with Crippen LogP contribution in [-0.4, -0.2) is 43.3 Å². The molecule has 0 aromatic heterocycles. The van der Waals surface area contributed by atoms with Crippen LogP contribution in [0.3, 0.4) is 0 Å². The third-order valence-corrected chi connectivity index (χ3v) is 5.71. The van der Waals surface area contributed by atoms with Crippen LogP contribution in [-0.2, 0) is 15.7 Å². The van der Waals surface area contributed by atoms with Gasteiger partial charge in [-0.15, -0.1) is 11.8 Å². The van der Waals surface area contributed by atoms with E-state index in [0.717, 1.165) is 22.6 Å². The van der Waals surface area contributed by atoms with Gasteiger partial charge < -0.3 is 19.3 Å². The Bertz CT molecular complexity index is 856. The molecule has 2 aromatic rings. The lowest BCUT2D eigenvalue weighted by Crippen LogP contribution is -2.16. The van der Waals surface area contributed by atoms with Crippen molar-refractivity contribution in [2.45, 2.75) is 31.3 Å². The van der Waals surface area contributed by atoms with E-state index in [1.165, 1.54) is 12.1 Å². The Hall–Kier alpha value is -2.39. The molecule has 9 heteroatoms. The summed E-state index contributed by atoms with van der Waals surface area (Å²) in [7, 11) is 0. The summed E-state index contributed by atoms with van der Waals surface area (Å²) in [6.45, 7) is 4.02. The molecule has 176 valence electrons. The van der Waals surface area contributed by atoms with Crippen molar-refractivity contribution >= 4 is 17.7 Å². The van der Waals surface area contributed by atoms with Gasteiger partial charge in [0, 0.05) is 23.2 Å². The van der Waals surface area contributed by atoms with E-state index >= 15 is 0 Å². The number of alkyl halides is 3. The van der Waals surface area contributed by atoms with Crippen LogP contribution in [0.2, 0.25) is 0 Å². The first-order valence-corrected chi connectivity index (χ1v) is 11.1. The van der Waals surface area contributed by atoms with Gasteiger partial charge in [0.25, 0.3) is 0 Å². The van der Waals surface area contributed by atoms with Crippen molar-refractivity contribution in [3.05, 3.63) is 53.6 Å². The molecule has 5 nitrogen and oxygen atoms in total. The number of carbonyl (C=O) groups excluding carboxylic acids is 1. The number of thioether (sulfide) groups is 1. The average Bonchev–Trinajstić information content (AvgIpc) is 2.75. The molecule has 0 aliphatic rings. The normalized spacial score (nSPS) is 12.3. The van der Waals surface area contributed by atoms with Gasteiger partial charge in [0.05, 0.1) is 18.8 Å². The highest BCUT2D eigenvalue weighted by Crippen LogP contribution is 2.31. The Morgan fingerprint density at radius 3 is 2.44 bits per heavy atom. The predicted octanol–water partition coefficient (Wildman–Crippen LogP) is 5.13. The monoisotopic (exact) mass is 472 g/mol. The van der Waals surface area contributed by atoms with Gasteiger partial charge in [-0.25, -0.2) is 4.79 Å². The summed E-state index contributed by atoms with van der Waals surface area (Å²) in [6, 6.07) is 10.2. The fourth-order valence-corrected chi connectivity index (χ4v) is 3.89. The molecule has 0 bridgehead atoms. The van der Waals surface area contributed by atoms with Crippen molar-refractivity contribution in [3.8, 4) is 11.5 Å². The minimum atomic E-state index is -4.38. The smallest absolute Gasteiger partial charge is 0.416 e. The zero-order valence-electron chi connectivity index (χ0n) is 18.0. The molecule has 1 unspecified atom stereocenters. The number of aliphatic hydroxyl groups is 1. The van der Waals surface area contributed by atoms with Gasteiger partial charge in [0.1, 0.15) is 11.5 Å². The molecular weight excluding hydrogens is 445 g/mol. The molecule has 0 aliphatic heterocycles. The number of ether oxygens (including phenoxy) is 3. The van der Waals surface area contributed by atoms with E-state index in [1.54, 1.807) is 24.8 Å². The molecule has 0 saturated carbocycles. The summed E-state index contributed by atoms with van der Waals surface area (Å²) in [4.78, 5) is 12.4. The van der Waals surface area contributed by atoms with Crippen molar-refractivity contribution in [1.29, 1.82) is 0 Å². The van der Waals surface area contributed by atoms with E-state index in [-0.39, 0.29) is 25.7 Å². The Kier molecular flexibility index (Phi) is 10.2. The maximum absolute atomic E-state index is 12.7. The van der Waals surface area contributed by atoms with Crippen molar-refractivity contribution in [3.63, 3.8) is 0 Å². The van der Waals surface area contributed by atoms with Crippen molar-refractivity contribution in [2.24, 2.45) is 5.92 Å². The Morgan fingerprint density at radius 2 is 1.84 bits per heavy atom. The quantitative estimate of drug-likeness (QED) is 0.342. The molecule has 0 spiro atoms. The highest BCUT2D eigenvalue weighted by molar-refractivity contribution is 7.99. The van der Waals surface area contributed by atoms with Gasteiger partial charge in [0.15, 0.2) is 6.61 Å². The van der Waals surface area contributed by atoms with Crippen molar-refractivity contribution in [1.82, 2.24) is 0 Å². The number of halogens is 3. The maximum Gasteiger partial charge on any atom is 0.416 e. The van der Waals surface area contributed by atoms with E-state index < -0.39 is 17.7 Å². The van der Waals surface area contributed by atoms with Crippen LogP contribution in [0.15, 0.2) is 47.4 Å². The van der Waals surface area contributed by atoms with Gasteiger partial charge in [-0.05, 0) is 68.3 Å². The molecule has 1 N–H and O–H groups in total. The lowest BCUT2D eigenvalue weighted by atomic mass is 10.1. The van der Waals surface area contributed by atoms with Crippen LogP contribution >= 0.6 is 11.8 Å². The van der Waals surface area contributed by atoms with Crippen LogP contribution in [0, 0.1) is 12.8 Å². The van der Waals surface area contributed by atoms with E-state index in [9.17, 15) is 23.1 Å². The van der Waals surface area contributed by atoms with Crippen LogP contribution in [0.25, 0.3) is 0 Å². The molecule has 0 radical (unpaired) electrons. The predicted molar refractivity (Wildman–Crippen MR) is 116 cm³/mol. The minimum Gasteiger partial charge on any atom is -0.493 e. The van der Waals surface area contributed by atoms with E-state index in [0.29, 0.717) is 30.3 Å². The largest absolute Gasteiger partial charge is 0.493 e. The fraction of sp³-hybridized carbons (Fsp3) is 0.435. The second-order valence-corrected chi connectivity index (χ2v) is 8.14. The molecule has 1 atom stereocenters. The van der Waals surface area contributed by atoms with Gasteiger partial charge in [0.2, 0.25) is 0 Å². The summed E-state index contributed by atoms with van der Waals surface area (Å²) in [5, 5.41) is 9.34. The zero-order valence-corrected chi connectivity index (χ0v) is 18.8. The second-order valence-electron chi connectivity index (χ2n) is 7.04. The van der Waals surface area contributed by atoms with Gasteiger partial charge in [-0.2, -0.15) is 13.2 Å². The zero-order chi connectivity index (χ0) is 23.6. The first-order valence-electron chi connectivity index (χ1n) is 10.2. The van der Waals surface area contributed by atoms with Crippen LogP contribution < -0.4 is 9.47 Å². The number of esters is 1. The van der Waals surface area contributed by atoms with Crippen molar-refractivity contribution in [2.75, 3.05) is 32.2 Å². The number of aliphatic hydroxyl groups excluding tert-OH is 1. The summed E-state index contributed by atoms with van der Waals surface area (Å²) in [6.07, 6.45) is -3.88. The molecule has 0 fully saturated rings. The lowest BCUT2D eigenvalue weighted by molar-refractivity contribution is -0.145. The molecule has 0 saturated heterocycles. The number of hydrogen-bond acceptors (Lipinski definition) is 6. The number of hydrogen-bond donors (Lipinski definition) is 1. The number of benzene rings is 2. The Morgan fingerprint density at radius 1 is 1.12 bits per heavy atom. The SMILES string of the molecule is CCOC(=O)COc1ccc(SCC(CCO)COc2ccc(C(F)(F)F)cc2)cc1C. The van der Waals surface area contributed by atoms with Gasteiger partial charge in [-0.1, -0.05) is 0 Å².